The summed E-state index contributed by atoms with van der Waals surface area (Å²) in [5.74, 6) is 0.515. The molecule has 2 atom stereocenters. The summed E-state index contributed by atoms with van der Waals surface area (Å²) in [4.78, 5) is 15.8. The van der Waals surface area contributed by atoms with E-state index in [-0.39, 0.29) is 11.9 Å². The summed E-state index contributed by atoms with van der Waals surface area (Å²) < 4.78 is 7.36. The van der Waals surface area contributed by atoms with Gasteiger partial charge in [-0.2, -0.15) is 0 Å². The molecule has 1 aromatic heterocycles. The van der Waals surface area contributed by atoms with Crippen LogP contribution in [0.15, 0.2) is 66.9 Å². The van der Waals surface area contributed by atoms with E-state index in [1.54, 1.807) is 19.2 Å². The number of carbonyl (C=O) groups is 1. The van der Waals surface area contributed by atoms with Crippen LogP contribution in [0.3, 0.4) is 0 Å². The van der Waals surface area contributed by atoms with Crippen molar-refractivity contribution in [2.45, 2.75) is 24.9 Å². The molecule has 4 rings (SSSR count). The molecule has 3 aromatic rings. The van der Waals surface area contributed by atoms with Gasteiger partial charge in [-0.05, 0) is 55.3 Å². The largest absolute Gasteiger partial charge is 0.495 e. The number of aryl methyl sites for hydroxylation is 1. The smallest absolute Gasteiger partial charge is 0.246 e. The van der Waals surface area contributed by atoms with E-state index >= 15 is 0 Å². The van der Waals surface area contributed by atoms with Gasteiger partial charge in [-0.15, -0.1) is 0 Å². The van der Waals surface area contributed by atoms with Crippen LogP contribution in [0.1, 0.15) is 36.2 Å². The number of hydrogen-bond donors (Lipinski definition) is 1. The van der Waals surface area contributed by atoms with Gasteiger partial charge in [-0.1, -0.05) is 41.9 Å². The van der Waals surface area contributed by atoms with Gasteiger partial charge in [0.15, 0.2) is 0 Å². The molecule has 5 nitrogen and oxygen atoms in total. The minimum absolute atomic E-state index is 0.0662. The van der Waals surface area contributed by atoms with Crippen molar-refractivity contribution in [1.29, 1.82) is 0 Å². The molecule has 0 saturated carbocycles. The van der Waals surface area contributed by atoms with Crippen molar-refractivity contribution in [3.05, 3.63) is 83.1 Å². The van der Waals surface area contributed by atoms with E-state index in [4.69, 9.17) is 16.3 Å². The summed E-state index contributed by atoms with van der Waals surface area (Å²) in [7, 11) is 3.63. The second kappa shape index (κ2) is 8.94. The van der Waals surface area contributed by atoms with Crippen LogP contribution in [0.2, 0.25) is 5.02 Å². The van der Waals surface area contributed by atoms with Gasteiger partial charge in [0.2, 0.25) is 5.91 Å². The van der Waals surface area contributed by atoms with E-state index in [2.05, 4.69) is 40.2 Å². The number of halogens is 1. The molecule has 156 valence electrons. The maximum atomic E-state index is 13.5. The van der Waals surface area contributed by atoms with E-state index in [9.17, 15) is 4.79 Å². The zero-order chi connectivity index (χ0) is 21.1. The van der Waals surface area contributed by atoms with Crippen LogP contribution in [0.5, 0.6) is 5.75 Å². The number of anilines is 1. The van der Waals surface area contributed by atoms with E-state index in [1.165, 1.54) is 5.69 Å². The number of amides is 1. The van der Waals surface area contributed by atoms with Crippen molar-refractivity contribution >= 4 is 23.2 Å². The summed E-state index contributed by atoms with van der Waals surface area (Å²) in [5.41, 5.74) is 2.87. The predicted molar refractivity (Wildman–Crippen MR) is 120 cm³/mol. The second-order valence-corrected chi connectivity index (χ2v) is 8.00. The predicted octanol–water partition coefficient (Wildman–Crippen LogP) is 5.20. The Labute approximate surface area is 182 Å². The Hall–Kier alpha value is -2.76. The molecular formula is C24H26ClN3O2. The average molecular weight is 424 g/mol. The first-order valence-corrected chi connectivity index (χ1v) is 10.5. The quantitative estimate of drug-likeness (QED) is 0.592. The van der Waals surface area contributed by atoms with Gasteiger partial charge in [0.05, 0.1) is 18.2 Å². The number of benzene rings is 2. The minimum Gasteiger partial charge on any atom is -0.495 e. The summed E-state index contributed by atoms with van der Waals surface area (Å²) in [5, 5.41) is 3.53. The molecule has 0 spiro atoms. The lowest BCUT2D eigenvalue weighted by atomic mass is 10.0. The van der Waals surface area contributed by atoms with E-state index in [1.807, 2.05) is 36.4 Å². The first kappa shape index (κ1) is 20.5. The lowest BCUT2D eigenvalue weighted by Crippen LogP contribution is -2.37. The van der Waals surface area contributed by atoms with E-state index in [0.717, 1.165) is 24.9 Å². The van der Waals surface area contributed by atoms with Crippen molar-refractivity contribution in [1.82, 2.24) is 9.47 Å². The standard InChI is InChI=1S/C24H26ClN3O2/c1-27-14-6-10-20(27)21-11-7-15-28(21)23(17-8-4-3-5-9-17)24(29)26-18-12-13-22(30-2)19(25)16-18/h3-6,8-10,12-14,16,21,23H,7,11,15H2,1-2H3,(H,26,29)/t21-,23+/m0/s1. The average Bonchev–Trinajstić information content (AvgIpc) is 3.38. The van der Waals surface area contributed by atoms with Crippen LogP contribution in [-0.2, 0) is 11.8 Å². The monoisotopic (exact) mass is 423 g/mol. The second-order valence-electron chi connectivity index (χ2n) is 7.59. The maximum Gasteiger partial charge on any atom is 0.246 e. The lowest BCUT2D eigenvalue weighted by Gasteiger charge is -2.33. The number of rotatable bonds is 6. The van der Waals surface area contributed by atoms with Crippen LogP contribution in [0.25, 0.3) is 0 Å². The van der Waals surface area contributed by atoms with Crippen LogP contribution in [0.4, 0.5) is 5.69 Å². The molecule has 1 fully saturated rings. The molecular weight excluding hydrogens is 398 g/mol. The Morgan fingerprint density at radius 1 is 1.17 bits per heavy atom. The highest BCUT2D eigenvalue weighted by Gasteiger charge is 2.37. The number of nitrogens with zero attached hydrogens (tertiary/aromatic N) is 2. The number of nitrogens with one attached hydrogen (secondary N) is 1. The van der Waals surface area contributed by atoms with Gasteiger partial charge in [0.25, 0.3) is 0 Å². The van der Waals surface area contributed by atoms with Crippen molar-refractivity contribution < 1.29 is 9.53 Å². The molecule has 1 aliphatic heterocycles. The number of likely N-dealkylation sites (tertiary alicyclic amines) is 1. The topological polar surface area (TPSA) is 46.5 Å². The third-order valence-electron chi connectivity index (χ3n) is 5.73. The van der Waals surface area contributed by atoms with Crippen molar-refractivity contribution in [3.63, 3.8) is 0 Å². The Kier molecular flexibility index (Phi) is 6.11. The molecule has 30 heavy (non-hydrogen) atoms. The Morgan fingerprint density at radius 2 is 1.97 bits per heavy atom. The van der Waals surface area contributed by atoms with Crippen molar-refractivity contribution in [3.8, 4) is 5.75 Å². The number of methoxy groups -OCH3 is 1. The number of carbonyl (C=O) groups excluding carboxylic acids is 1. The third-order valence-corrected chi connectivity index (χ3v) is 6.03. The van der Waals surface area contributed by atoms with Gasteiger partial charge in [0, 0.05) is 24.6 Å². The Morgan fingerprint density at radius 3 is 2.63 bits per heavy atom. The zero-order valence-electron chi connectivity index (χ0n) is 17.2. The van der Waals surface area contributed by atoms with Crippen LogP contribution in [0, 0.1) is 0 Å². The van der Waals surface area contributed by atoms with Crippen molar-refractivity contribution in [2.24, 2.45) is 7.05 Å². The number of aromatic nitrogens is 1. The minimum atomic E-state index is -0.394. The third kappa shape index (κ3) is 4.09. The van der Waals surface area contributed by atoms with Crippen LogP contribution < -0.4 is 10.1 Å². The van der Waals surface area contributed by atoms with Gasteiger partial charge in [-0.25, -0.2) is 0 Å². The highest BCUT2D eigenvalue weighted by Crippen LogP contribution is 2.39. The molecule has 2 aromatic carbocycles. The highest BCUT2D eigenvalue weighted by molar-refractivity contribution is 6.32. The molecule has 0 bridgehead atoms. The molecule has 1 saturated heterocycles. The fraction of sp³-hybridized carbons (Fsp3) is 0.292. The first-order valence-electron chi connectivity index (χ1n) is 10.1. The molecule has 0 unspecified atom stereocenters. The molecule has 1 N–H and O–H groups in total. The zero-order valence-corrected chi connectivity index (χ0v) is 18.0. The fourth-order valence-corrected chi connectivity index (χ4v) is 4.58. The van der Waals surface area contributed by atoms with E-state index < -0.39 is 6.04 Å². The maximum absolute atomic E-state index is 13.5. The van der Waals surface area contributed by atoms with Crippen LogP contribution >= 0.6 is 11.6 Å². The first-order chi connectivity index (χ1) is 14.6. The molecule has 1 aliphatic rings. The van der Waals surface area contributed by atoms with Crippen LogP contribution in [-0.4, -0.2) is 29.0 Å². The van der Waals surface area contributed by atoms with Crippen molar-refractivity contribution in [2.75, 3.05) is 19.0 Å². The van der Waals surface area contributed by atoms with Gasteiger partial charge >= 0.3 is 0 Å². The summed E-state index contributed by atoms with van der Waals surface area (Å²) >= 11 is 6.26. The number of ether oxygens (including phenoxy) is 1. The molecule has 0 aliphatic carbocycles. The summed E-state index contributed by atoms with van der Waals surface area (Å²) in [6.07, 6.45) is 4.15. The molecule has 1 amide bonds. The summed E-state index contributed by atoms with van der Waals surface area (Å²) in [6.45, 7) is 0.867. The fourth-order valence-electron chi connectivity index (χ4n) is 4.32. The Bertz CT molecular complexity index is 1020. The highest BCUT2D eigenvalue weighted by atomic mass is 35.5. The normalized spacial score (nSPS) is 17.6. The van der Waals surface area contributed by atoms with Gasteiger partial charge in [-0.3, -0.25) is 9.69 Å². The van der Waals surface area contributed by atoms with Gasteiger partial charge < -0.3 is 14.6 Å². The molecule has 2 heterocycles. The summed E-state index contributed by atoms with van der Waals surface area (Å²) in [6, 6.07) is 19.3. The molecule has 0 radical (unpaired) electrons. The molecule has 6 heteroatoms. The SMILES string of the molecule is COc1ccc(NC(=O)[C@@H](c2ccccc2)N2CCC[C@H]2c2cccn2C)cc1Cl. The Balaban J connectivity index is 1.66. The lowest BCUT2D eigenvalue weighted by molar-refractivity contribution is -0.122. The van der Waals surface area contributed by atoms with Gasteiger partial charge in [0.1, 0.15) is 11.8 Å². The number of hydrogen-bond acceptors (Lipinski definition) is 3. The van der Waals surface area contributed by atoms with E-state index in [0.29, 0.717) is 16.5 Å².